The van der Waals surface area contributed by atoms with Crippen LogP contribution in [0.1, 0.15) is 22.3 Å². The lowest BCUT2D eigenvalue weighted by molar-refractivity contribution is 0.0953. The number of aryl methyl sites for hydroxylation is 1. The maximum atomic E-state index is 12.6. The topological polar surface area (TPSA) is 87.3 Å². The van der Waals surface area contributed by atoms with E-state index in [4.69, 9.17) is 0 Å². The van der Waals surface area contributed by atoms with Gasteiger partial charge in [0.05, 0.1) is 4.90 Å². The van der Waals surface area contributed by atoms with Crippen LogP contribution < -0.4 is 15.4 Å². The lowest BCUT2D eigenvalue weighted by atomic mass is 10.2. The third-order valence-corrected chi connectivity index (χ3v) is 5.83. The molecule has 1 amide bonds. The number of hydrogen-bond donors (Lipinski definition) is 3. The molecular formula is C23H25N3O3S. The molecule has 0 unspecified atom stereocenters. The monoisotopic (exact) mass is 423 g/mol. The first kappa shape index (κ1) is 21.4. The average Bonchev–Trinajstić information content (AvgIpc) is 2.76. The van der Waals surface area contributed by atoms with Gasteiger partial charge in [0.15, 0.2) is 0 Å². The molecule has 0 aliphatic heterocycles. The lowest BCUT2D eigenvalue weighted by Gasteiger charge is -2.10. The van der Waals surface area contributed by atoms with Crippen LogP contribution in [0.15, 0.2) is 83.8 Å². The molecule has 0 heterocycles. The molecule has 0 fully saturated rings. The Labute approximate surface area is 177 Å². The Balaban J connectivity index is 1.54. The number of hydrogen-bond acceptors (Lipinski definition) is 4. The molecule has 0 aliphatic rings. The van der Waals surface area contributed by atoms with E-state index >= 15 is 0 Å². The van der Waals surface area contributed by atoms with Gasteiger partial charge in [-0.3, -0.25) is 9.52 Å². The average molecular weight is 424 g/mol. The minimum Gasteiger partial charge on any atom is -0.385 e. The van der Waals surface area contributed by atoms with Gasteiger partial charge in [-0.1, -0.05) is 42.0 Å². The number of anilines is 2. The number of carbonyl (C=O) groups is 1. The molecule has 3 aromatic carbocycles. The third kappa shape index (κ3) is 6.09. The van der Waals surface area contributed by atoms with Gasteiger partial charge in [0.1, 0.15) is 0 Å². The van der Waals surface area contributed by atoms with E-state index in [-0.39, 0.29) is 10.8 Å². The van der Waals surface area contributed by atoms with Crippen molar-refractivity contribution in [2.24, 2.45) is 0 Å². The zero-order valence-corrected chi connectivity index (χ0v) is 17.6. The highest BCUT2D eigenvalue weighted by molar-refractivity contribution is 7.92. The van der Waals surface area contributed by atoms with Crippen LogP contribution in [-0.2, 0) is 10.0 Å². The Morgan fingerprint density at radius 2 is 1.57 bits per heavy atom. The van der Waals surface area contributed by atoms with E-state index in [1.807, 2.05) is 49.4 Å². The highest BCUT2D eigenvalue weighted by Gasteiger charge is 2.16. The molecule has 6 nitrogen and oxygen atoms in total. The maximum absolute atomic E-state index is 12.6. The molecule has 0 saturated carbocycles. The summed E-state index contributed by atoms with van der Waals surface area (Å²) in [6, 6.07) is 22.9. The number of rotatable bonds is 9. The van der Waals surface area contributed by atoms with Gasteiger partial charge in [0, 0.05) is 30.0 Å². The van der Waals surface area contributed by atoms with Gasteiger partial charge in [0.25, 0.3) is 15.9 Å². The Bertz CT molecular complexity index is 1080. The summed E-state index contributed by atoms with van der Waals surface area (Å²) in [4.78, 5) is 12.4. The first-order valence-corrected chi connectivity index (χ1v) is 11.2. The predicted octanol–water partition coefficient (Wildman–Crippen LogP) is 4.03. The van der Waals surface area contributed by atoms with Crippen LogP contribution in [0.5, 0.6) is 0 Å². The number of carbonyl (C=O) groups excluding carboxylic acids is 1. The molecule has 0 bridgehead atoms. The maximum Gasteiger partial charge on any atom is 0.261 e. The van der Waals surface area contributed by atoms with Gasteiger partial charge < -0.3 is 10.6 Å². The molecule has 7 heteroatoms. The molecule has 3 N–H and O–H groups in total. The van der Waals surface area contributed by atoms with Gasteiger partial charge in [-0.2, -0.15) is 0 Å². The normalized spacial score (nSPS) is 11.0. The third-order valence-electron chi connectivity index (χ3n) is 4.45. The SMILES string of the molecule is Cc1ccc(NS(=O)(=O)c2cccc(C(=O)NCCCNc3ccccc3)c2)cc1. The first-order valence-electron chi connectivity index (χ1n) is 9.71. The zero-order chi connectivity index (χ0) is 21.4. The summed E-state index contributed by atoms with van der Waals surface area (Å²) in [6.45, 7) is 3.13. The van der Waals surface area contributed by atoms with Crippen molar-refractivity contribution in [1.82, 2.24) is 5.32 Å². The fourth-order valence-corrected chi connectivity index (χ4v) is 3.93. The summed E-state index contributed by atoms with van der Waals surface area (Å²) in [5.74, 6) is -0.304. The summed E-state index contributed by atoms with van der Waals surface area (Å²) < 4.78 is 27.8. The Morgan fingerprint density at radius 1 is 0.833 bits per heavy atom. The van der Waals surface area contributed by atoms with E-state index in [1.54, 1.807) is 24.3 Å². The van der Waals surface area contributed by atoms with Crippen molar-refractivity contribution in [3.63, 3.8) is 0 Å². The van der Waals surface area contributed by atoms with Crippen LogP contribution in [0, 0.1) is 6.92 Å². The van der Waals surface area contributed by atoms with Crippen LogP contribution in [0.3, 0.4) is 0 Å². The minimum absolute atomic E-state index is 0.0430. The van der Waals surface area contributed by atoms with Crippen molar-refractivity contribution < 1.29 is 13.2 Å². The molecule has 0 aliphatic carbocycles. The van der Waals surface area contributed by atoms with Crippen molar-refractivity contribution in [3.8, 4) is 0 Å². The molecule has 0 radical (unpaired) electrons. The van der Waals surface area contributed by atoms with E-state index in [0.717, 1.165) is 24.2 Å². The number of para-hydroxylation sites is 1. The molecule has 3 rings (SSSR count). The van der Waals surface area contributed by atoms with Crippen LogP contribution >= 0.6 is 0 Å². The number of nitrogens with one attached hydrogen (secondary N) is 3. The Morgan fingerprint density at radius 3 is 2.30 bits per heavy atom. The lowest BCUT2D eigenvalue weighted by Crippen LogP contribution is -2.26. The van der Waals surface area contributed by atoms with Crippen molar-refractivity contribution in [1.29, 1.82) is 0 Å². The molecule has 0 saturated heterocycles. The van der Waals surface area contributed by atoms with Crippen LogP contribution in [0.25, 0.3) is 0 Å². The Kier molecular flexibility index (Phi) is 7.08. The van der Waals surface area contributed by atoms with Crippen LogP contribution in [-0.4, -0.2) is 27.4 Å². The summed E-state index contributed by atoms with van der Waals surface area (Å²) in [5.41, 5.74) is 2.84. The van der Waals surface area contributed by atoms with Crippen molar-refractivity contribution >= 4 is 27.3 Å². The number of sulfonamides is 1. The second-order valence-corrected chi connectivity index (χ2v) is 8.58. The number of benzene rings is 3. The smallest absolute Gasteiger partial charge is 0.261 e. The summed E-state index contributed by atoms with van der Waals surface area (Å²) >= 11 is 0. The molecular weight excluding hydrogens is 398 g/mol. The molecule has 156 valence electrons. The second kappa shape index (κ2) is 9.93. The Hall–Kier alpha value is -3.32. The largest absolute Gasteiger partial charge is 0.385 e. The van der Waals surface area contributed by atoms with Crippen molar-refractivity contribution in [3.05, 3.63) is 90.0 Å². The van der Waals surface area contributed by atoms with Gasteiger partial charge in [-0.25, -0.2) is 8.42 Å². The fraction of sp³-hybridized carbons (Fsp3) is 0.174. The standard InChI is InChI=1S/C23H25N3O3S/c1-18-11-13-21(14-12-18)26-30(28,29)22-10-5-7-19(17-22)23(27)25-16-6-15-24-20-8-3-2-4-9-20/h2-5,7-14,17,24,26H,6,15-16H2,1H3,(H,25,27). The quantitative estimate of drug-likeness (QED) is 0.454. The van der Waals surface area contributed by atoms with E-state index < -0.39 is 10.0 Å². The minimum atomic E-state index is -3.78. The highest BCUT2D eigenvalue weighted by Crippen LogP contribution is 2.17. The zero-order valence-electron chi connectivity index (χ0n) is 16.8. The van der Waals surface area contributed by atoms with Gasteiger partial charge in [-0.15, -0.1) is 0 Å². The molecule has 3 aromatic rings. The van der Waals surface area contributed by atoms with Crippen LogP contribution in [0.4, 0.5) is 11.4 Å². The van der Waals surface area contributed by atoms with Crippen molar-refractivity contribution in [2.45, 2.75) is 18.2 Å². The van der Waals surface area contributed by atoms with Gasteiger partial charge in [-0.05, 0) is 55.8 Å². The molecule has 0 spiro atoms. The van der Waals surface area contributed by atoms with E-state index in [9.17, 15) is 13.2 Å². The van der Waals surface area contributed by atoms with Crippen LogP contribution in [0.2, 0.25) is 0 Å². The summed E-state index contributed by atoms with van der Waals surface area (Å²) in [5, 5.41) is 6.10. The van der Waals surface area contributed by atoms with E-state index in [2.05, 4.69) is 15.4 Å². The predicted molar refractivity (Wildman–Crippen MR) is 120 cm³/mol. The number of amides is 1. The van der Waals surface area contributed by atoms with Gasteiger partial charge in [0.2, 0.25) is 0 Å². The highest BCUT2D eigenvalue weighted by atomic mass is 32.2. The molecule has 0 aromatic heterocycles. The second-order valence-electron chi connectivity index (χ2n) is 6.90. The van der Waals surface area contributed by atoms with E-state index in [0.29, 0.717) is 17.8 Å². The van der Waals surface area contributed by atoms with Gasteiger partial charge >= 0.3 is 0 Å². The fourth-order valence-electron chi connectivity index (χ4n) is 2.82. The molecule has 0 atom stereocenters. The first-order chi connectivity index (χ1) is 14.4. The summed E-state index contributed by atoms with van der Waals surface area (Å²) in [7, 11) is -3.78. The van der Waals surface area contributed by atoms with E-state index in [1.165, 1.54) is 12.1 Å². The molecule has 30 heavy (non-hydrogen) atoms. The summed E-state index contributed by atoms with van der Waals surface area (Å²) in [6.07, 6.45) is 0.744. The van der Waals surface area contributed by atoms with Crippen molar-refractivity contribution in [2.75, 3.05) is 23.1 Å².